The van der Waals surface area contributed by atoms with E-state index in [0.29, 0.717) is 36.2 Å². The molecule has 2 unspecified atom stereocenters. The molecule has 2 aromatic rings. The Kier molecular flexibility index (Phi) is 6.90. The van der Waals surface area contributed by atoms with Crippen molar-refractivity contribution in [3.8, 4) is 0 Å². The average Bonchev–Trinajstić information content (AvgIpc) is 3.43. The highest BCUT2D eigenvalue weighted by Gasteiger charge is 2.40. The molecule has 33 heavy (non-hydrogen) atoms. The zero-order valence-corrected chi connectivity index (χ0v) is 20.2. The summed E-state index contributed by atoms with van der Waals surface area (Å²) < 4.78 is 5.91. The van der Waals surface area contributed by atoms with Crippen LogP contribution in [0.15, 0.2) is 45.5 Å². The molecule has 0 aliphatic carbocycles. The van der Waals surface area contributed by atoms with Crippen LogP contribution >= 0.6 is 15.9 Å². The Balaban J connectivity index is 1.55. The van der Waals surface area contributed by atoms with Gasteiger partial charge in [-0.1, -0.05) is 29.8 Å². The highest BCUT2D eigenvalue weighted by Crippen LogP contribution is 2.28. The summed E-state index contributed by atoms with van der Waals surface area (Å²) in [5, 5.41) is 13.0. The highest BCUT2D eigenvalue weighted by atomic mass is 79.9. The Morgan fingerprint density at radius 3 is 2.45 bits per heavy atom. The van der Waals surface area contributed by atoms with Crippen LogP contribution in [-0.2, 0) is 4.79 Å². The molecule has 2 saturated heterocycles. The first-order valence-electron chi connectivity index (χ1n) is 11.1. The molecule has 0 saturated carbocycles. The number of nitrogens with one attached hydrogen (secondary N) is 1. The number of carbonyl (C=O) groups is 3. The van der Waals surface area contributed by atoms with Crippen LogP contribution in [0.4, 0.5) is 5.69 Å². The Morgan fingerprint density at radius 1 is 1.06 bits per heavy atom. The quantitative estimate of drug-likeness (QED) is 0.646. The molecule has 4 atom stereocenters. The number of anilines is 1. The minimum absolute atomic E-state index is 0.0350. The molecule has 2 aliphatic rings. The van der Waals surface area contributed by atoms with Gasteiger partial charge in [0, 0.05) is 30.5 Å². The summed E-state index contributed by atoms with van der Waals surface area (Å²) in [6, 6.07) is 7.38. The summed E-state index contributed by atoms with van der Waals surface area (Å²) in [6.45, 7) is 5.64. The fraction of sp³-hybridized carbons (Fsp3) is 0.458. The lowest BCUT2D eigenvalue weighted by molar-refractivity contribution is -0.119. The van der Waals surface area contributed by atoms with Gasteiger partial charge in [-0.2, -0.15) is 0 Å². The average molecular weight is 518 g/mol. The number of β-amino-alcohol motifs (C(OH)–C–C–N with tert-alkyl or cyclic N) is 1. The molecule has 9 heteroatoms. The maximum absolute atomic E-state index is 13.4. The fourth-order valence-electron chi connectivity index (χ4n) is 4.85. The van der Waals surface area contributed by atoms with Gasteiger partial charge >= 0.3 is 0 Å². The summed E-state index contributed by atoms with van der Waals surface area (Å²) in [4.78, 5) is 42.5. The number of rotatable bonds is 4. The minimum Gasteiger partial charge on any atom is -0.459 e. The monoisotopic (exact) mass is 517 g/mol. The highest BCUT2D eigenvalue weighted by molar-refractivity contribution is 9.10. The largest absolute Gasteiger partial charge is 0.459 e. The number of nitrogens with zero attached hydrogens (tertiary/aromatic N) is 2. The molecule has 8 nitrogen and oxygen atoms in total. The van der Waals surface area contributed by atoms with Crippen molar-refractivity contribution in [2.24, 2.45) is 11.8 Å². The predicted molar refractivity (Wildman–Crippen MR) is 126 cm³/mol. The van der Waals surface area contributed by atoms with E-state index in [9.17, 15) is 19.5 Å². The van der Waals surface area contributed by atoms with Gasteiger partial charge in [-0.05, 0) is 48.6 Å². The molecule has 0 spiro atoms. The number of halogens is 1. The van der Waals surface area contributed by atoms with Crippen LogP contribution in [0, 0.1) is 11.8 Å². The van der Waals surface area contributed by atoms with E-state index in [4.69, 9.17) is 4.42 Å². The smallest absolute Gasteiger partial charge is 0.290 e. The normalized spacial score (nSPS) is 25.2. The predicted octanol–water partition coefficient (Wildman–Crippen LogP) is 3.37. The molecule has 2 N–H and O–H groups in total. The number of aliphatic hydroxyl groups is 1. The van der Waals surface area contributed by atoms with Crippen LogP contribution in [-0.4, -0.2) is 64.4 Å². The summed E-state index contributed by atoms with van der Waals surface area (Å²) in [5.74, 6) is -0.133. The molecule has 0 bridgehead atoms. The number of likely N-dealkylation sites (tertiary alicyclic amines) is 2. The van der Waals surface area contributed by atoms with Crippen molar-refractivity contribution in [2.75, 3.05) is 25.0 Å². The van der Waals surface area contributed by atoms with Gasteiger partial charge in [0.15, 0.2) is 5.76 Å². The van der Waals surface area contributed by atoms with Crippen molar-refractivity contribution >= 4 is 39.3 Å². The summed E-state index contributed by atoms with van der Waals surface area (Å²) in [7, 11) is 0. The van der Waals surface area contributed by atoms with Crippen LogP contribution in [0.2, 0.25) is 0 Å². The van der Waals surface area contributed by atoms with Gasteiger partial charge in [0.25, 0.3) is 11.8 Å². The molecular weight excluding hydrogens is 490 g/mol. The van der Waals surface area contributed by atoms with Crippen LogP contribution in [0.25, 0.3) is 0 Å². The molecular formula is C24H28BrN3O5. The van der Waals surface area contributed by atoms with Gasteiger partial charge in [0.05, 0.1) is 23.6 Å². The molecule has 2 fully saturated rings. The standard InChI is InChI=1S/C24H28BrN3O5/c1-14-8-15(2)12-27(11-14)23(31)18-9-16(25)5-6-19(18)26-22(30)20-10-17(29)13-28(20)24(32)21-4-3-7-33-21/h3-7,9,14-15,17,20,29H,8,10-13H2,1-2H3,(H,26,30)/t14-,15+,17?,20?. The van der Waals surface area contributed by atoms with E-state index in [1.165, 1.54) is 17.2 Å². The van der Waals surface area contributed by atoms with Crippen LogP contribution in [0.5, 0.6) is 0 Å². The Morgan fingerprint density at radius 2 is 1.79 bits per heavy atom. The lowest BCUT2D eigenvalue weighted by atomic mass is 9.91. The molecule has 176 valence electrons. The lowest BCUT2D eigenvalue weighted by Gasteiger charge is -2.35. The topological polar surface area (TPSA) is 103 Å². The van der Waals surface area contributed by atoms with Crippen LogP contribution < -0.4 is 5.32 Å². The SMILES string of the molecule is C[C@@H]1C[C@H](C)CN(C(=O)c2cc(Br)ccc2NC(=O)C2CC(O)CN2C(=O)c2ccco2)C1. The maximum Gasteiger partial charge on any atom is 0.290 e. The fourth-order valence-corrected chi connectivity index (χ4v) is 5.21. The van der Waals surface area contributed by atoms with E-state index in [2.05, 4.69) is 35.1 Å². The number of piperidine rings is 1. The maximum atomic E-state index is 13.4. The second-order valence-corrected chi connectivity index (χ2v) is 10.1. The van der Waals surface area contributed by atoms with E-state index in [0.717, 1.165) is 10.9 Å². The summed E-state index contributed by atoms with van der Waals surface area (Å²) in [6.07, 6.45) is 1.76. The van der Waals surface area contributed by atoms with Crippen molar-refractivity contribution in [2.45, 2.75) is 38.8 Å². The number of hydrogen-bond acceptors (Lipinski definition) is 5. The first kappa shape index (κ1) is 23.5. The Hall–Kier alpha value is -2.65. The van der Waals surface area contributed by atoms with Crippen molar-refractivity contribution in [1.29, 1.82) is 0 Å². The summed E-state index contributed by atoms with van der Waals surface area (Å²) >= 11 is 3.42. The van der Waals surface area contributed by atoms with Gasteiger partial charge in [-0.25, -0.2) is 0 Å². The molecule has 3 heterocycles. The van der Waals surface area contributed by atoms with Gasteiger partial charge in [0.1, 0.15) is 6.04 Å². The number of furan rings is 1. The molecule has 1 aromatic heterocycles. The number of hydrogen-bond donors (Lipinski definition) is 2. The zero-order valence-electron chi connectivity index (χ0n) is 18.7. The van der Waals surface area contributed by atoms with Gasteiger partial charge < -0.3 is 24.6 Å². The van der Waals surface area contributed by atoms with E-state index in [-0.39, 0.29) is 24.6 Å². The van der Waals surface area contributed by atoms with Crippen molar-refractivity contribution in [3.63, 3.8) is 0 Å². The molecule has 4 rings (SSSR count). The van der Waals surface area contributed by atoms with Crippen LogP contribution in [0.3, 0.4) is 0 Å². The third-order valence-electron chi connectivity index (χ3n) is 6.20. The third-order valence-corrected chi connectivity index (χ3v) is 6.69. The van der Waals surface area contributed by atoms with E-state index >= 15 is 0 Å². The first-order valence-corrected chi connectivity index (χ1v) is 11.9. The van der Waals surface area contributed by atoms with Crippen molar-refractivity contribution in [3.05, 3.63) is 52.4 Å². The molecule has 0 radical (unpaired) electrons. The minimum atomic E-state index is -0.876. The van der Waals surface area contributed by atoms with E-state index < -0.39 is 24.0 Å². The van der Waals surface area contributed by atoms with Gasteiger partial charge in [-0.15, -0.1) is 0 Å². The third kappa shape index (κ3) is 5.14. The number of amides is 3. The number of aliphatic hydroxyl groups excluding tert-OH is 1. The van der Waals surface area contributed by atoms with Crippen molar-refractivity contribution in [1.82, 2.24) is 9.80 Å². The Labute approximate surface area is 201 Å². The molecule has 3 amide bonds. The first-order chi connectivity index (χ1) is 15.7. The van der Waals surface area contributed by atoms with Gasteiger partial charge in [-0.3, -0.25) is 14.4 Å². The van der Waals surface area contributed by atoms with Gasteiger partial charge in [0.2, 0.25) is 5.91 Å². The van der Waals surface area contributed by atoms with Crippen molar-refractivity contribution < 1.29 is 23.9 Å². The zero-order chi connectivity index (χ0) is 23.7. The number of carbonyl (C=O) groups excluding carboxylic acids is 3. The van der Waals surface area contributed by atoms with E-state index in [1.54, 1.807) is 24.3 Å². The second kappa shape index (κ2) is 9.69. The Bertz CT molecular complexity index is 1030. The second-order valence-electron chi connectivity index (χ2n) is 9.18. The van der Waals surface area contributed by atoms with Crippen LogP contribution in [0.1, 0.15) is 47.6 Å². The summed E-state index contributed by atoms with van der Waals surface area (Å²) in [5.41, 5.74) is 0.771. The lowest BCUT2D eigenvalue weighted by Crippen LogP contribution is -2.44. The molecule has 2 aliphatic heterocycles. The molecule has 1 aromatic carbocycles. The number of benzene rings is 1. The van der Waals surface area contributed by atoms with E-state index in [1.807, 2.05) is 4.90 Å².